The SMILES string of the molecule is CCOc1ccccc1OC=C(C=O)C1C(C(=O)O)C1(C)C. The van der Waals surface area contributed by atoms with Crippen LogP contribution in [0.4, 0.5) is 0 Å². The highest BCUT2D eigenvalue weighted by Gasteiger charge is 2.63. The molecule has 0 aliphatic heterocycles. The van der Waals surface area contributed by atoms with Crippen molar-refractivity contribution in [1.82, 2.24) is 0 Å². The molecule has 2 unspecified atom stereocenters. The topological polar surface area (TPSA) is 72.8 Å². The Balaban J connectivity index is 2.18. The lowest BCUT2D eigenvalue weighted by atomic mass is 10.1. The van der Waals surface area contributed by atoms with E-state index < -0.39 is 17.3 Å². The van der Waals surface area contributed by atoms with Gasteiger partial charge in [0.25, 0.3) is 0 Å². The number of carboxylic acid groups (broad SMARTS) is 1. The predicted octanol–water partition coefficient (Wildman–Crippen LogP) is 2.90. The second-order valence-electron chi connectivity index (χ2n) is 5.85. The normalized spacial score (nSPS) is 22.8. The largest absolute Gasteiger partial charge is 0.490 e. The molecule has 5 heteroatoms. The van der Waals surface area contributed by atoms with Gasteiger partial charge >= 0.3 is 5.97 Å². The van der Waals surface area contributed by atoms with Crippen LogP contribution >= 0.6 is 0 Å². The summed E-state index contributed by atoms with van der Waals surface area (Å²) in [5.74, 6) is -0.709. The van der Waals surface area contributed by atoms with Crippen molar-refractivity contribution in [3.8, 4) is 11.5 Å². The highest BCUT2D eigenvalue weighted by Crippen LogP contribution is 2.61. The van der Waals surface area contributed by atoms with Crippen LogP contribution < -0.4 is 9.47 Å². The van der Waals surface area contributed by atoms with Crippen molar-refractivity contribution in [2.75, 3.05) is 6.61 Å². The quantitative estimate of drug-likeness (QED) is 0.476. The Morgan fingerprint density at radius 2 is 1.91 bits per heavy atom. The maximum atomic E-state index is 11.3. The number of carboxylic acids is 1. The van der Waals surface area contributed by atoms with Crippen LogP contribution in [0.15, 0.2) is 36.1 Å². The monoisotopic (exact) mass is 304 g/mol. The van der Waals surface area contributed by atoms with Gasteiger partial charge in [0, 0.05) is 11.5 Å². The van der Waals surface area contributed by atoms with Gasteiger partial charge in [0.1, 0.15) is 6.29 Å². The molecule has 2 atom stereocenters. The summed E-state index contributed by atoms with van der Waals surface area (Å²) in [5.41, 5.74) is -0.0924. The summed E-state index contributed by atoms with van der Waals surface area (Å²) < 4.78 is 11.0. The van der Waals surface area contributed by atoms with Crippen molar-refractivity contribution < 1.29 is 24.2 Å². The average molecular weight is 304 g/mol. The first kappa shape index (κ1) is 16.1. The summed E-state index contributed by atoms with van der Waals surface area (Å²) in [6.07, 6.45) is 2.00. The Bertz CT molecular complexity index is 603. The fourth-order valence-electron chi connectivity index (χ4n) is 2.85. The molecule has 1 aromatic rings. The number of para-hydroxylation sites is 2. The Morgan fingerprint density at radius 3 is 2.41 bits per heavy atom. The van der Waals surface area contributed by atoms with Crippen LogP contribution in [0.2, 0.25) is 0 Å². The number of carbonyl (C=O) groups is 2. The van der Waals surface area contributed by atoms with Gasteiger partial charge in [-0.2, -0.15) is 0 Å². The van der Waals surface area contributed by atoms with Gasteiger partial charge in [-0.25, -0.2) is 0 Å². The average Bonchev–Trinajstić information content (AvgIpc) is 3.04. The van der Waals surface area contributed by atoms with Crippen molar-refractivity contribution in [2.45, 2.75) is 20.8 Å². The maximum Gasteiger partial charge on any atom is 0.307 e. The zero-order valence-corrected chi connectivity index (χ0v) is 12.9. The molecule has 2 rings (SSSR count). The summed E-state index contributed by atoms with van der Waals surface area (Å²) >= 11 is 0. The molecule has 22 heavy (non-hydrogen) atoms. The smallest absolute Gasteiger partial charge is 0.307 e. The Kier molecular flexibility index (Phi) is 4.54. The van der Waals surface area contributed by atoms with E-state index in [2.05, 4.69) is 0 Å². The van der Waals surface area contributed by atoms with Crippen molar-refractivity contribution in [3.05, 3.63) is 36.1 Å². The molecule has 1 saturated carbocycles. The van der Waals surface area contributed by atoms with Gasteiger partial charge in [0.05, 0.1) is 18.8 Å². The first-order chi connectivity index (χ1) is 10.4. The molecule has 0 saturated heterocycles. The van der Waals surface area contributed by atoms with Crippen molar-refractivity contribution in [3.63, 3.8) is 0 Å². The second kappa shape index (κ2) is 6.22. The first-order valence-electron chi connectivity index (χ1n) is 7.20. The van der Waals surface area contributed by atoms with Gasteiger partial charge < -0.3 is 14.6 Å². The molecule has 5 nitrogen and oxygen atoms in total. The van der Waals surface area contributed by atoms with Crippen LogP contribution in [0.5, 0.6) is 11.5 Å². The van der Waals surface area contributed by atoms with Crippen LogP contribution in [0.1, 0.15) is 20.8 Å². The third-order valence-corrected chi connectivity index (χ3v) is 4.06. The molecule has 0 bridgehead atoms. The minimum absolute atomic E-state index is 0.332. The van der Waals surface area contributed by atoms with Gasteiger partial charge in [0.2, 0.25) is 0 Å². The highest BCUT2D eigenvalue weighted by atomic mass is 16.5. The van der Waals surface area contributed by atoms with Crippen molar-refractivity contribution >= 4 is 12.3 Å². The van der Waals surface area contributed by atoms with Gasteiger partial charge in [-0.05, 0) is 24.5 Å². The third-order valence-electron chi connectivity index (χ3n) is 4.06. The summed E-state index contributed by atoms with van der Waals surface area (Å²) in [6.45, 7) is 6.04. The van der Waals surface area contributed by atoms with E-state index >= 15 is 0 Å². The van der Waals surface area contributed by atoms with Gasteiger partial charge in [-0.15, -0.1) is 0 Å². The zero-order chi connectivity index (χ0) is 16.3. The summed E-state index contributed by atoms with van der Waals surface area (Å²) in [4.78, 5) is 22.5. The molecule has 1 aliphatic carbocycles. The number of aliphatic carboxylic acids is 1. The summed E-state index contributed by atoms with van der Waals surface area (Å²) in [7, 11) is 0. The number of carbonyl (C=O) groups excluding carboxylic acids is 1. The van der Waals surface area contributed by atoms with E-state index in [9.17, 15) is 14.7 Å². The van der Waals surface area contributed by atoms with E-state index in [1.165, 1.54) is 6.26 Å². The minimum atomic E-state index is -0.891. The van der Waals surface area contributed by atoms with E-state index in [1.807, 2.05) is 26.8 Å². The molecular formula is C17H20O5. The lowest BCUT2D eigenvalue weighted by molar-refractivity contribution is -0.139. The number of hydrogen-bond donors (Lipinski definition) is 1. The molecule has 0 spiro atoms. The zero-order valence-electron chi connectivity index (χ0n) is 12.9. The minimum Gasteiger partial charge on any atom is -0.490 e. The molecule has 1 N–H and O–H groups in total. The van der Waals surface area contributed by atoms with Crippen LogP contribution in [0.3, 0.4) is 0 Å². The standard InChI is InChI=1S/C17H20O5/c1-4-21-12-7-5-6-8-13(12)22-10-11(9-18)14-15(16(19)20)17(14,2)3/h5-10,14-15H,4H2,1-3H3,(H,19,20). The molecule has 118 valence electrons. The summed E-state index contributed by atoms with van der Waals surface area (Å²) in [5, 5.41) is 9.20. The number of hydrogen-bond acceptors (Lipinski definition) is 4. The Morgan fingerprint density at radius 1 is 1.27 bits per heavy atom. The fraction of sp³-hybridized carbons (Fsp3) is 0.412. The van der Waals surface area contributed by atoms with E-state index in [1.54, 1.807) is 18.2 Å². The van der Waals surface area contributed by atoms with Gasteiger partial charge in [0.15, 0.2) is 11.5 Å². The first-order valence-corrected chi connectivity index (χ1v) is 7.20. The molecule has 1 aliphatic rings. The predicted molar refractivity (Wildman–Crippen MR) is 80.8 cm³/mol. The number of benzene rings is 1. The fourth-order valence-corrected chi connectivity index (χ4v) is 2.85. The number of aldehydes is 1. The van der Waals surface area contributed by atoms with Gasteiger partial charge in [-0.3, -0.25) is 9.59 Å². The molecule has 0 radical (unpaired) electrons. The van der Waals surface area contributed by atoms with Crippen LogP contribution in [-0.2, 0) is 9.59 Å². The number of rotatable bonds is 7. The van der Waals surface area contributed by atoms with Crippen LogP contribution in [0, 0.1) is 17.3 Å². The summed E-state index contributed by atoms with van der Waals surface area (Å²) in [6, 6.07) is 7.13. The van der Waals surface area contributed by atoms with Crippen molar-refractivity contribution in [2.24, 2.45) is 17.3 Å². The number of ether oxygens (including phenoxy) is 2. The highest BCUT2D eigenvalue weighted by molar-refractivity contribution is 5.83. The van der Waals surface area contributed by atoms with Gasteiger partial charge in [-0.1, -0.05) is 26.0 Å². The van der Waals surface area contributed by atoms with Crippen LogP contribution in [0.25, 0.3) is 0 Å². The molecule has 1 fully saturated rings. The molecule has 0 heterocycles. The maximum absolute atomic E-state index is 11.3. The van der Waals surface area contributed by atoms with E-state index in [-0.39, 0.29) is 5.92 Å². The Hall–Kier alpha value is -2.30. The molecule has 0 amide bonds. The van der Waals surface area contributed by atoms with E-state index in [0.29, 0.717) is 30.0 Å². The number of allylic oxidation sites excluding steroid dienone is 1. The van der Waals surface area contributed by atoms with Crippen LogP contribution in [-0.4, -0.2) is 24.0 Å². The molecular weight excluding hydrogens is 284 g/mol. The van der Waals surface area contributed by atoms with Crippen molar-refractivity contribution in [1.29, 1.82) is 0 Å². The Labute approximate surface area is 129 Å². The van der Waals surface area contributed by atoms with E-state index in [4.69, 9.17) is 9.47 Å². The lowest BCUT2D eigenvalue weighted by Crippen LogP contribution is -2.03. The van der Waals surface area contributed by atoms with E-state index in [0.717, 1.165) is 0 Å². The third kappa shape index (κ3) is 2.98. The molecule has 0 aromatic heterocycles. The lowest BCUT2D eigenvalue weighted by Gasteiger charge is -2.09. The molecule has 1 aromatic carbocycles. The second-order valence-corrected chi connectivity index (χ2v) is 5.85.